The number of carbonyl (C=O) groups is 1. The van der Waals surface area contributed by atoms with Gasteiger partial charge < -0.3 is 20.7 Å². The van der Waals surface area contributed by atoms with Gasteiger partial charge in [-0.25, -0.2) is 9.97 Å². The summed E-state index contributed by atoms with van der Waals surface area (Å²) < 4.78 is 6.25. The van der Waals surface area contributed by atoms with Crippen LogP contribution in [-0.2, 0) is 0 Å². The Labute approximate surface area is 175 Å². The van der Waals surface area contributed by atoms with E-state index in [1.165, 1.54) is 0 Å². The zero-order valence-electron chi connectivity index (χ0n) is 16.7. The minimum Gasteiger partial charge on any atom is -0.488 e. The summed E-state index contributed by atoms with van der Waals surface area (Å²) in [5, 5.41) is 10.5. The number of piperidine rings is 1. The molecule has 1 aromatic heterocycles. The Morgan fingerprint density at radius 3 is 2.60 bits per heavy atom. The van der Waals surface area contributed by atoms with E-state index in [0.717, 1.165) is 61.1 Å². The van der Waals surface area contributed by atoms with Crippen LogP contribution in [0.2, 0.25) is 0 Å². The van der Waals surface area contributed by atoms with Gasteiger partial charge in [-0.3, -0.25) is 4.79 Å². The van der Waals surface area contributed by atoms with Crippen LogP contribution in [0.1, 0.15) is 36.0 Å². The van der Waals surface area contributed by atoms with Crippen LogP contribution in [0, 0.1) is 0 Å². The quantitative estimate of drug-likeness (QED) is 0.585. The molecule has 0 unspecified atom stereocenters. The lowest BCUT2D eigenvalue weighted by Crippen LogP contribution is -2.34. The molecule has 1 aliphatic carbocycles. The van der Waals surface area contributed by atoms with Crippen molar-refractivity contribution in [3.63, 3.8) is 0 Å². The van der Waals surface area contributed by atoms with Gasteiger partial charge in [0, 0.05) is 28.9 Å². The van der Waals surface area contributed by atoms with E-state index in [1.807, 2.05) is 42.5 Å². The van der Waals surface area contributed by atoms with Crippen molar-refractivity contribution in [3.05, 3.63) is 54.2 Å². The van der Waals surface area contributed by atoms with Gasteiger partial charge in [0.1, 0.15) is 17.4 Å². The molecular weight excluding hydrogens is 378 g/mol. The Morgan fingerprint density at radius 2 is 1.83 bits per heavy atom. The zero-order chi connectivity index (χ0) is 20.3. The second kappa shape index (κ2) is 8.28. The molecule has 2 aliphatic rings. The molecule has 1 amide bonds. The Morgan fingerprint density at radius 1 is 1.03 bits per heavy atom. The third-order valence-electron chi connectivity index (χ3n) is 5.47. The fourth-order valence-electron chi connectivity index (χ4n) is 3.61. The van der Waals surface area contributed by atoms with E-state index in [2.05, 4.69) is 20.9 Å². The molecule has 0 atom stereocenters. The van der Waals surface area contributed by atoms with Crippen LogP contribution in [-0.4, -0.2) is 41.1 Å². The van der Waals surface area contributed by atoms with Crippen molar-refractivity contribution in [1.82, 2.24) is 20.6 Å². The lowest BCUT2D eigenvalue weighted by molar-refractivity contribution is 0.0951. The van der Waals surface area contributed by atoms with Crippen LogP contribution in [0.3, 0.4) is 0 Å². The fraction of sp³-hybridized carbons (Fsp3) is 0.348. The van der Waals surface area contributed by atoms with Gasteiger partial charge >= 0.3 is 0 Å². The number of para-hydroxylation sites is 1. The van der Waals surface area contributed by atoms with Gasteiger partial charge in [-0.05, 0) is 69.1 Å². The fourth-order valence-corrected chi connectivity index (χ4v) is 3.61. The summed E-state index contributed by atoms with van der Waals surface area (Å²) >= 11 is 0. The lowest BCUT2D eigenvalue weighted by Gasteiger charge is -2.24. The highest BCUT2D eigenvalue weighted by atomic mass is 16.5. The average molecular weight is 403 g/mol. The number of carbonyl (C=O) groups excluding carboxylic acids is 1. The SMILES string of the molecule is O=C(NC1CC1)c1ccc(Nc2ncc3cccc(OC4CCNCC4)c3n2)cc1. The van der Waals surface area contributed by atoms with Crippen LogP contribution in [0.4, 0.5) is 11.6 Å². The molecular formula is C23H25N5O2. The topological polar surface area (TPSA) is 88.2 Å². The monoisotopic (exact) mass is 403 g/mol. The molecule has 2 aromatic carbocycles. The molecule has 0 spiro atoms. The summed E-state index contributed by atoms with van der Waals surface area (Å²) in [6, 6.07) is 13.6. The summed E-state index contributed by atoms with van der Waals surface area (Å²) in [7, 11) is 0. The van der Waals surface area contributed by atoms with Gasteiger partial charge in [0.05, 0.1) is 0 Å². The van der Waals surface area contributed by atoms with Gasteiger partial charge in [-0.15, -0.1) is 0 Å². The van der Waals surface area contributed by atoms with Gasteiger partial charge in [-0.2, -0.15) is 0 Å². The van der Waals surface area contributed by atoms with Crippen LogP contribution in [0.25, 0.3) is 10.9 Å². The van der Waals surface area contributed by atoms with E-state index in [1.54, 1.807) is 6.20 Å². The normalized spacial score (nSPS) is 16.9. The number of aromatic nitrogens is 2. The number of fused-ring (bicyclic) bond motifs is 1. The number of nitrogens with one attached hydrogen (secondary N) is 3. The average Bonchev–Trinajstić information content (AvgIpc) is 3.59. The van der Waals surface area contributed by atoms with Crippen LogP contribution in [0.15, 0.2) is 48.7 Å². The number of ether oxygens (including phenoxy) is 1. The number of anilines is 2. The van der Waals surface area contributed by atoms with E-state index in [4.69, 9.17) is 9.72 Å². The van der Waals surface area contributed by atoms with Gasteiger partial charge in [0.25, 0.3) is 5.91 Å². The molecule has 3 N–H and O–H groups in total. The van der Waals surface area contributed by atoms with Crippen LogP contribution < -0.4 is 20.7 Å². The third-order valence-corrected chi connectivity index (χ3v) is 5.47. The molecule has 7 nitrogen and oxygen atoms in total. The highest BCUT2D eigenvalue weighted by Crippen LogP contribution is 2.27. The summed E-state index contributed by atoms with van der Waals surface area (Å²) in [5.74, 6) is 1.27. The Bertz CT molecular complexity index is 1040. The number of rotatable bonds is 6. The van der Waals surface area contributed by atoms with Crippen molar-refractivity contribution in [2.45, 2.75) is 37.8 Å². The Hall–Kier alpha value is -3.19. The van der Waals surface area contributed by atoms with E-state index in [-0.39, 0.29) is 12.0 Å². The highest BCUT2D eigenvalue weighted by molar-refractivity contribution is 5.95. The molecule has 0 radical (unpaired) electrons. The number of hydrogen-bond acceptors (Lipinski definition) is 6. The first-order valence-corrected chi connectivity index (χ1v) is 10.6. The molecule has 1 aliphatic heterocycles. The molecule has 2 heterocycles. The van der Waals surface area contributed by atoms with E-state index >= 15 is 0 Å². The van der Waals surface area contributed by atoms with E-state index < -0.39 is 0 Å². The first kappa shape index (κ1) is 18.8. The van der Waals surface area contributed by atoms with Crippen molar-refractivity contribution in [2.24, 2.45) is 0 Å². The predicted molar refractivity (Wildman–Crippen MR) is 116 cm³/mol. The first-order chi connectivity index (χ1) is 14.7. The minimum absolute atomic E-state index is 0.0225. The smallest absolute Gasteiger partial charge is 0.251 e. The summed E-state index contributed by atoms with van der Waals surface area (Å²) in [5.41, 5.74) is 2.28. The minimum atomic E-state index is -0.0225. The third kappa shape index (κ3) is 4.36. The molecule has 154 valence electrons. The molecule has 2 fully saturated rings. The summed E-state index contributed by atoms with van der Waals surface area (Å²) in [6.07, 6.45) is 6.15. The highest BCUT2D eigenvalue weighted by Gasteiger charge is 2.23. The molecule has 5 rings (SSSR count). The maximum atomic E-state index is 12.1. The number of hydrogen-bond donors (Lipinski definition) is 3. The van der Waals surface area contributed by atoms with Crippen LogP contribution >= 0.6 is 0 Å². The van der Waals surface area contributed by atoms with Crippen molar-refractivity contribution in [3.8, 4) is 5.75 Å². The lowest BCUT2D eigenvalue weighted by atomic mass is 10.1. The van der Waals surface area contributed by atoms with Crippen LogP contribution in [0.5, 0.6) is 5.75 Å². The number of amides is 1. The zero-order valence-corrected chi connectivity index (χ0v) is 16.7. The molecule has 7 heteroatoms. The van der Waals surface area contributed by atoms with Crippen molar-refractivity contribution in [2.75, 3.05) is 18.4 Å². The van der Waals surface area contributed by atoms with E-state index in [0.29, 0.717) is 17.6 Å². The maximum Gasteiger partial charge on any atom is 0.251 e. The maximum absolute atomic E-state index is 12.1. The first-order valence-electron chi connectivity index (χ1n) is 10.6. The molecule has 3 aromatic rings. The molecule has 30 heavy (non-hydrogen) atoms. The van der Waals surface area contributed by atoms with Gasteiger partial charge in [0.2, 0.25) is 5.95 Å². The number of nitrogens with zero attached hydrogens (tertiary/aromatic N) is 2. The second-order valence-electron chi connectivity index (χ2n) is 7.90. The van der Waals surface area contributed by atoms with Gasteiger partial charge in [-0.1, -0.05) is 12.1 Å². The molecule has 1 saturated carbocycles. The van der Waals surface area contributed by atoms with Crippen molar-refractivity contribution in [1.29, 1.82) is 0 Å². The largest absolute Gasteiger partial charge is 0.488 e. The van der Waals surface area contributed by atoms with Crippen molar-refractivity contribution >= 4 is 28.4 Å². The van der Waals surface area contributed by atoms with Gasteiger partial charge in [0.15, 0.2) is 0 Å². The number of benzene rings is 2. The van der Waals surface area contributed by atoms with Crippen molar-refractivity contribution < 1.29 is 9.53 Å². The molecule has 0 bridgehead atoms. The Balaban J connectivity index is 1.32. The molecule has 1 saturated heterocycles. The summed E-state index contributed by atoms with van der Waals surface area (Å²) in [6.45, 7) is 1.96. The second-order valence-corrected chi connectivity index (χ2v) is 7.90. The van der Waals surface area contributed by atoms with E-state index in [9.17, 15) is 4.79 Å². The Kier molecular flexibility index (Phi) is 5.19. The summed E-state index contributed by atoms with van der Waals surface area (Å²) in [4.78, 5) is 21.3. The predicted octanol–water partition coefficient (Wildman–Crippen LogP) is 3.40. The standard InChI is InChI=1S/C23H25N5O2/c29-22(26-17-8-9-17)15-4-6-18(7-5-15)27-23-25-14-16-2-1-3-20(21(16)28-23)30-19-10-12-24-13-11-19/h1-7,14,17,19,24H,8-13H2,(H,26,29)(H,25,27,28).